The molecule has 2 aromatic rings. The average Bonchev–Trinajstić information content (AvgIpc) is 3.14. The van der Waals surface area contributed by atoms with Gasteiger partial charge in [0, 0.05) is 22.4 Å². The Morgan fingerprint density at radius 2 is 1.93 bits per heavy atom. The molecule has 0 N–H and O–H groups in total. The zero-order valence-electron chi connectivity index (χ0n) is 17.5. The zero-order valence-corrected chi connectivity index (χ0v) is 18.4. The molecule has 1 aliphatic heterocycles. The molecule has 0 radical (unpaired) electrons. The molecule has 0 aromatic heterocycles. The third-order valence-corrected chi connectivity index (χ3v) is 6.83. The Kier molecular flexibility index (Phi) is 6.39. The summed E-state index contributed by atoms with van der Waals surface area (Å²) in [4.78, 5) is 5.64. The minimum absolute atomic E-state index is 0.439. The maximum absolute atomic E-state index is 12.9. The van der Waals surface area contributed by atoms with Crippen LogP contribution in [0.4, 0.5) is 0 Å². The van der Waals surface area contributed by atoms with Crippen LogP contribution in [0.25, 0.3) is 11.6 Å². The van der Waals surface area contributed by atoms with Crippen molar-refractivity contribution in [3.63, 3.8) is 0 Å². The van der Waals surface area contributed by atoms with Gasteiger partial charge in [0.2, 0.25) is 0 Å². The van der Waals surface area contributed by atoms with Crippen LogP contribution in [0.15, 0.2) is 94.5 Å². The number of fused-ring (bicyclic) bond motifs is 1. The molecule has 0 bridgehead atoms. The summed E-state index contributed by atoms with van der Waals surface area (Å²) in [6.45, 7) is 4.45. The van der Waals surface area contributed by atoms with Gasteiger partial charge in [0.15, 0.2) is 0 Å². The summed E-state index contributed by atoms with van der Waals surface area (Å²) in [6, 6.07) is 14.3. The van der Waals surface area contributed by atoms with Gasteiger partial charge < -0.3 is 0 Å². The standard InChI is InChI=1S/C27H27NOS/c1-20(2)24-17-23-12-8-9-15-28-27(23)26(18-24)22-11-7-6-10-21(16-22)19-30(29)25-13-4-3-5-14-25/h3-7,9,11-18,20H,8,10,19H2,1-2H3. The maximum atomic E-state index is 12.9. The maximum Gasteiger partial charge on any atom is 0.0777 e. The van der Waals surface area contributed by atoms with Crippen LogP contribution < -0.4 is 10.6 Å². The summed E-state index contributed by atoms with van der Waals surface area (Å²) < 4.78 is 12.9. The quantitative estimate of drug-likeness (QED) is 0.662. The first-order chi connectivity index (χ1) is 14.6. The summed E-state index contributed by atoms with van der Waals surface area (Å²) in [5.74, 6) is 0.982. The largest absolute Gasteiger partial charge is 0.256 e. The first-order valence-corrected chi connectivity index (χ1v) is 11.8. The lowest BCUT2D eigenvalue weighted by atomic mass is 9.94. The number of allylic oxidation sites excluding steroid dienone is 6. The van der Waals surface area contributed by atoms with Crippen molar-refractivity contribution in [2.24, 2.45) is 4.99 Å². The van der Waals surface area contributed by atoms with Crippen molar-refractivity contribution in [3.05, 3.63) is 106 Å². The summed E-state index contributed by atoms with van der Waals surface area (Å²) >= 11 is 0. The fraction of sp³-hybridized carbons (Fsp3) is 0.222. The van der Waals surface area contributed by atoms with Crippen molar-refractivity contribution in [3.8, 4) is 0 Å². The van der Waals surface area contributed by atoms with Crippen LogP contribution in [-0.2, 0) is 10.8 Å². The Morgan fingerprint density at radius 1 is 1.10 bits per heavy atom. The lowest BCUT2D eigenvalue weighted by Crippen LogP contribution is -2.29. The van der Waals surface area contributed by atoms with E-state index in [2.05, 4.69) is 62.4 Å². The van der Waals surface area contributed by atoms with Crippen molar-refractivity contribution in [1.29, 1.82) is 0 Å². The predicted octanol–water partition coefficient (Wildman–Crippen LogP) is 5.21. The van der Waals surface area contributed by atoms with E-state index in [0.29, 0.717) is 11.7 Å². The number of hydrogen-bond donors (Lipinski definition) is 0. The third kappa shape index (κ3) is 4.68. The van der Waals surface area contributed by atoms with E-state index in [4.69, 9.17) is 4.99 Å². The zero-order chi connectivity index (χ0) is 20.9. The smallest absolute Gasteiger partial charge is 0.0777 e. The Bertz CT molecular complexity index is 1200. The fourth-order valence-corrected chi connectivity index (χ4v) is 4.89. The van der Waals surface area contributed by atoms with Gasteiger partial charge in [-0.05, 0) is 59.4 Å². The molecular formula is C27H27NOS. The van der Waals surface area contributed by atoms with Gasteiger partial charge in [-0.2, -0.15) is 0 Å². The van der Waals surface area contributed by atoms with Gasteiger partial charge in [-0.25, -0.2) is 0 Å². The van der Waals surface area contributed by atoms with Crippen LogP contribution in [-0.4, -0.2) is 9.96 Å². The van der Waals surface area contributed by atoms with Crippen LogP contribution in [0, 0.1) is 0 Å². The van der Waals surface area contributed by atoms with E-state index in [0.717, 1.165) is 34.2 Å². The molecule has 1 unspecified atom stereocenters. The number of nitrogens with zero attached hydrogens (tertiary/aromatic N) is 1. The summed E-state index contributed by atoms with van der Waals surface area (Å²) in [5.41, 5.74) is 4.77. The van der Waals surface area contributed by atoms with Gasteiger partial charge in [0.05, 0.1) is 16.2 Å². The van der Waals surface area contributed by atoms with E-state index < -0.39 is 10.8 Å². The van der Waals surface area contributed by atoms with E-state index in [1.807, 2.05) is 36.5 Å². The molecule has 0 fully saturated rings. The lowest BCUT2D eigenvalue weighted by molar-refractivity contribution is 0.684. The molecular weight excluding hydrogens is 386 g/mol. The number of hydrogen-bond acceptors (Lipinski definition) is 2. The average molecular weight is 414 g/mol. The van der Waals surface area contributed by atoms with Gasteiger partial charge in [0.25, 0.3) is 0 Å². The molecule has 4 rings (SSSR count). The molecule has 152 valence electrons. The van der Waals surface area contributed by atoms with Gasteiger partial charge in [-0.15, -0.1) is 0 Å². The lowest BCUT2D eigenvalue weighted by Gasteiger charge is -2.12. The van der Waals surface area contributed by atoms with Crippen molar-refractivity contribution < 1.29 is 4.21 Å². The monoisotopic (exact) mass is 413 g/mol. The molecule has 2 aromatic carbocycles. The number of benzene rings is 2. The molecule has 3 heteroatoms. The van der Waals surface area contributed by atoms with E-state index in [-0.39, 0.29) is 0 Å². The highest BCUT2D eigenvalue weighted by Crippen LogP contribution is 2.24. The topological polar surface area (TPSA) is 29.4 Å². The van der Waals surface area contributed by atoms with Crippen LogP contribution in [0.2, 0.25) is 0 Å². The first-order valence-electron chi connectivity index (χ1n) is 10.5. The van der Waals surface area contributed by atoms with Crippen molar-refractivity contribution >= 4 is 22.4 Å². The second kappa shape index (κ2) is 9.36. The number of rotatable bonds is 5. The molecule has 1 aliphatic carbocycles. The van der Waals surface area contributed by atoms with Crippen LogP contribution in [0.5, 0.6) is 0 Å². The highest BCUT2D eigenvalue weighted by atomic mass is 32.2. The molecule has 0 saturated heterocycles. The van der Waals surface area contributed by atoms with Gasteiger partial charge in [-0.3, -0.25) is 9.20 Å². The van der Waals surface area contributed by atoms with E-state index in [1.165, 1.54) is 16.4 Å². The van der Waals surface area contributed by atoms with Crippen molar-refractivity contribution in [1.82, 2.24) is 0 Å². The third-order valence-electron chi connectivity index (χ3n) is 5.40. The van der Waals surface area contributed by atoms with E-state index in [1.54, 1.807) is 0 Å². The van der Waals surface area contributed by atoms with Crippen molar-refractivity contribution in [2.75, 3.05) is 5.75 Å². The Morgan fingerprint density at radius 3 is 2.73 bits per heavy atom. The van der Waals surface area contributed by atoms with Crippen LogP contribution >= 0.6 is 0 Å². The highest BCUT2D eigenvalue weighted by molar-refractivity contribution is 7.85. The fourth-order valence-electron chi connectivity index (χ4n) is 3.73. The second-order valence-corrected chi connectivity index (χ2v) is 9.43. The van der Waals surface area contributed by atoms with Crippen molar-refractivity contribution in [2.45, 2.75) is 37.5 Å². The van der Waals surface area contributed by atoms with Gasteiger partial charge in [0.1, 0.15) is 0 Å². The van der Waals surface area contributed by atoms with Crippen LogP contribution in [0.1, 0.15) is 43.7 Å². The molecule has 0 spiro atoms. The van der Waals surface area contributed by atoms with E-state index in [9.17, 15) is 4.21 Å². The molecule has 1 atom stereocenters. The molecule has 0 saturated carbocycles. The SMILES string of the molecule is CC(C)c1cc(C2=CC=CCC(CS(=O)c3ccccc3)=C2)c2c(c1)=CCC=CN=2. The normalized spacial score (nSPS) is 16.5. The minimum atomic E-state index is -1.05. The predicted molar refractivity (Wildman–Crippen MR) is 127 cm³/mol. The first kappa shape index (κ1) is 20.5. The summed E-state index contributed by atoms with van der Waals surface area (Å²) in [5, 5.41) is 2.22. The Labute approximate surface area is 181 Å². The molecule has 1 heterocycles. The van der Waals surface area contributed by atoms with E-state index >= 15 is 0 Å². The highest BCUT2D eigenvalue weighted by Gasteiger charge is 2.13. The second-order valence-electron chi connectivity index (χ2n) is 7.97. The van der Waals surface area contributed by atoms with Crippen LogP contribution in [0.3, 0.4) is 0 Å². The molecule has 30 heavy (non-hydrogen) atoms. The molecule has 2 nitrogen and oxygen atoms in total. The van der Waals surface area contributed by atoms with Gasteiger partial charge >= 0.3 is 0 Å². The summed E-state index contributed by atoms with van der Waals surface area (Å²) in [7, 11) is -1.05. The summed E-state index contributed by atoms with van der Waals surface area (Å²) in [6.07, 6.45) is 16.6. The Hall–Kier alpha value is -2.78. The van der Waals surface area contributed by atoms with Gasteiger partial charge in [-0.1, -0.05) is 74.1 Å². The minimum Gasteiger partial charge on any atom is -0.256 e. The molecule has 0 amide bonds. The Balaban J connectivity index is 1.77. The molecule has 2 aliphatic rings.